The Morgan fingerprint density at radius 1 is 1.13 bits per heavy atom. The van der Waals surface area contributed by atoms with Crippen LogP contribution in [0.3, 0.4) is 0 Å². The predicted molar refractivity (Wildman–Crippen MR) is 143 cm³/mol. The Morgan fingerprint density at radius 3 is 2.79 bits per heavy atom. The van der Waals surface area contributed by atoms with Crippen LogP contribution in [0.1, 0.15) is 31.2 Å². The summed E-state index contributed by atoms with van der Waals surface area (Å²) in [5.41, 5.74) is 8.54. The molecule has 4 fully saturated rings. The summed E-state index contributed by atoms with van der Waals surface area (Å²) >= 11 is 0. The highest BCUT2D eigenvalue weighted by molar-refractivity contribution is 7.91. The first-order valence-electron chi connectivity index (χ1n) is 13.4. The largest absolute Gasteiger partial charge is 0.497 e. The molecule has 12 heteroatoms. The first-order valence-corrected chi connectivity index (χ1v) is 15.2. The molecule has 11 nitrogen and oxygen atoms in total. The van der Waals surface area contributed by atoms with Gasteiger partial charge in [-0.3, -0.25) is 10.2 Å². The number of carbonyl (C=O) groups is 1. The number of aromatic nitrogens is 2. The summed E-state index contributed by atoms with van der Waals surface area (Å²) in [7, 11) is -1.28. The second-order valence-electron chi connectivity index (χ2n) is 11.3. The maximum Gasteiger partial charge on any atom is 0.235 e. The lowest BCUT2D eigenvalue weighted by Crippen LogP contribution is -2.41. The van der Waals surface area contributed by atoms with E-state index >= 15 is 0 Å². The number of rotatable bonds is 5. The minimum absolute atomic E-state index is 0.0263. The van der Waals surface area contributed by atoms with Crippen LogP contribution in [0.15, 0.2) is 30.6 Å². The molecule has 2 aliphatic carbocycles. The van der Waals surface area contributed by atoms with Crippen molar-refractivity contribution in [2.45, 2.75) is 43.3 Å². The summed E-state index contributed by atoms with van der Waals surface area (Å²) in [6, 6.07) is 8.10. The molecule has 1 aromatic carbocycles. The highest BCUT2D eigenvalue weighted by Gasteiger charge is 2.67. The Balaban J connectivity index is 1.00. The zero-order valence-electron chi connectivity index (χ0n) is 21.3. The molecule has 4 N–H and O–H groups in total. The minimum atomic E-state index is -2.95. The molecule has 7 rings (SSSR count). The van der Waals surface area contributed by atoms with Gasteiger partial charge < -0.3 is 20.3 Å². The molecule has 4 heterocycles. The number of hydrogen-bond acceptors (Lipinski definition) is 10. The first kappa shape index (κ1) is 24.1. The van der Waals surface area contributed by atoms with Gasteiger partial charge in [0.25, 0.3) is 0 Å². The molecule has 202 valence electrons. The van der Waals surface area contributed by atoms with Gasteiger partial charge in [-0.1, -0.05) is 0 Å². The summed E-state index contributed by atoms with van der Waals surface area (Å²) in [6.45, 7) is 0.901. The van der Waals surface area contributed by atoms with Crippen LogP contribution in [0.5, 0.6) is 5.75 Å². The molecule has 3 aliphatic heterocycles. The van der Waals surface area contributed by atoms with Gasteiger partial charge in [0.15, 0.2) is 9.84 Å². The number of sulfone groups is 1. The van der Waals surface area contributed by atoms with E-state index in [4.69, 9.17) is 4.74 Å². The molecule has 2 aromatic rings. The van der Waals surface area contributed by atoms with E-state index in [2.05, 4.69) is 31.5 Å². The molecule has 2 saturated heterocycles. The quantitative estimate of drug-likeness (QED) is 0.439. The average molecular weight is 540 g/mol. The number of amides is 1. The number of carbonyl (C=O) groups excluding carboxylic acids is 1. The number of nitrogens with one attached hydrogen (secondary N) is 4. The zero-order valence-corrected chi connectivity index (χ0v) is 22.1. The highest BCUT2D eigenvalue weighted by Crippen LogP contribution is 2.65. The minimum Gasteiger partial charge on any atom is -0.497 e. The Bertz CT molecular complexity index is 1370. The van der Waals surface area contributed by atoms with Gasteiger partial charge in [-0.05, 0) is 61.3 Å². The molecule has 2 saturated carbocycles. The normalized spacial score (nSPS) is 34.9. The van der Waals surface area contributed by atoms with Crippen molar-refractivity contribution in [3.8, 4) is 5.75 Å². The molecule has 4 unspecified atom stereocenters. The molecule has 1 amide bonds. The number of benzene rings is 1. The van der Waals surface area contributed by atoms with Crippen molar-refractivity contribution >= 4 is 33.1 Å². The summed E-state index contributed by atoms with van der Waals surface area (Å²) in [4.78, 5) is 23.9. The van der Waals surface area contributed by atoms with E-state index in [1.165, 1.54) is 6.33 Å². The fourth-order valence-corrected chi connectivity index (χ4v) is 8.42. The van der Waals surface area contributed by atoms with Gasteiger partial charge in [0, 0.05) is 36.8 Å². The van der Waals surface area contributed by atoms with Crippen LogP contribution in [0.4, 0.5) is 17.3 Å². The fourth-order valence-electron chi connectivity index (χ4n) is 7.22. The van der Waals surface area contributed by atoms with Crippen molar-refractivity contribution in [3.63, 3.8) is 0 Å². The van der Waals surface area contributed by atoms with Crippen molar-refractivity contribution in [1.82, 2.24) is 20.8 Å². The van der Waals surface area contributed by atoms with E-state index in [1.54, 1.807) is 7.11 Å². The van der Waals surface area contributed by atoms with Crippen molar-refractivity contribution in [2.75, 3.05) is 47.2 Å². The number of methoxy groups -OCH3 is 1. The van der Waals surface area contributed by atoms with Crippen LogP contribution in [0.2, 0.25) is 0 Å². The predicted octanol–water partition coefficient (Wildman–Crippen LogP) is 1.26. The third-order valence-corrected chi connectivity index (χ3v) is 11.0. The number of hydrogen-bond donors (Lipinski definition) is 4. The molecule has 5 aliphatic rings. The molecular formula is C26H33N7O4S. The fraction of sp³-hybridized carbons (Fsp3) is 0.577. The summed E-state index contributed by atoms with van der Waals surface area (Å²) in [5, 5.41) is 6.63. The molecule has 0 radical (unpaired) electrons. The van der Waals surface area contributed by atoms with Gasteiger partial charge in [-0.15, -0.1) is 0 Å². The third-order valence-electron chi connectivity index (χ3n) is 9.37. The Morgan fingerprint density at radius 2 is 1.97 bits per heavy atom. The van der Waals surface area contributed by atoms with Crippen LogP contribution in [-0.4, -0.2) is 68.2 Å². The van der Waals surface area contributed by atoms with E-state index in [0.717, 1.165) is 54.3 Å². The number of nitrogens with zero attached hydrogens (tertiary/aromatic N) is 3. The standard InChI is InChI=1S/C26H33N7O4S/c1-37-16-3-5-20-18(11-16)26(25(34)29-20)13-19(26)15-2-4-17-21(10-15)31-32-24(17)30-22-12-23(28-14-27-22)33-6-8-38(35,36)9-7-33/h3,5,11-12,14-15,17,19,21,24,31-32H,2,4,6-10,13H2,1H3,(H,29,34)(H,27,28,30)/t15?,17?,19-,21?,24?,26-/m0/s1. The van der Waals surface area contributed by atoms with Crippen LogP contribution in [0.25, 0.3) is 0 Å². The van der Waals surface area contributed by atoms with Crippen LogP contribution < -0.4 is 31.1 Å². The van der Waals surface area contributed by atoms with Crippen molar-refractivity contribution < 1.29 is 17.9 Å². The van der Waals surface area contributed by atoms with E-state index in [0.29, 0.717) is 36.9 Å². The SMILES string of the molecule is COc1ccc2c(c1)[C@]1(C[C@H]1C1CCC3C(C1)NNC3Nc1cc(N3CCS(=O)(=O)CC3)ncn1)C(=O)N2. The van der Waals surface area contributed by atoms with Gasteiger partial charge >= 0.3 is 0 Å². The van der Waals surface area contributed by atoms with Crippen molar-refractivity contribution in [3.05, 3.63) is 36.2 Å². The highest BCUT2D eigenvalue weighted by atomic mass is 32.2. The lowest BCUT2D eigenvalue weighted by atomic mass is 9.74. The van der Waals surface area contributed by atoms with Gasteiger partial charge in [-0.25, -0.2) is 23.8 Å². The van der Waals surface area contributed by atoms with Gasteiger partial charge in [0.05, 0.1) is 30.2 Å². The molecule has 6 atom stereocenters. The van der Waals surface area contributed by atoms with E-state index in [1.807, 2.05) is 29.2 Å². The number of anilines is 3. The Kier molecular flexibility index (Phi) is 5.57. The smallest absolute Gasteiger partial charge is 0.235 e. The van der Waals surface area contributed by atoms with Gasteiger partial charge in [-0.2, -0.15) is 0 Å². The molecular weight excluding hydrogens is 506 g/mol. The van der Waals surface area contributed by atoms with Crippen LogP contribution in [-0.2, 0) is 20.0 Å². The van der Waals surface area contributed by atoms with Crippen molar-refractivity contribution in [1.29, 1.82) is 0 Å². The second-order valence-corrected chi connectivity index (χ2v) is 13.6. The summed E-state index contributed by atoms with van der Waals surface area (Å²) < 4.78 is 29.0. The van der Waals surface area contributed by atoms with E-state index < -0.39 is 15.3 Å². The molecule has 0 bridgehead atoms. The van der Waals surface area contributed by atoms with Gasteiger partial charge in [0.2, 0.25) is 5.91 Å². The maximum absolute atomic E-state index is 13.1. The average Bonchev–Trinajstić information content (AvgIpc) is 3.47. The lowest BCUT2D eigenvalue weighted by molar-refractivity contribution is -0.118. The first-order chi connectivity index (χ1) is 18.4. The number of ether oxygens (including phenoxy) is 1. The second kappa shape index (κ2) is 8.78. The third kappa shape index (κ3) is 3.92. The summed E-state index contributed by atoms with van der Waals surface area (Å²) in [6.07, 6.45) is 5.61. The van der Waals surface area contributed by atoms with Crippen molar-refractivity contribution in [2.24, 2.45) is 17.8 Å². The molecule has 38 heavy (non-hydrogen) atoms. The topological polar surface area (TPSA) is 138 Å². The number of hydrazine groups is 1. The van der Waals surface area contributed by atoms with E-state index in [-0.39, 0.29) is 23.6 Å². The number of fused-ring (bicyclic) bond motifs is 3. The maximum atomic E-state index is 13.1. The monoisotopic (exact) mass is 539 g/mol. The molecule has 1 spiro atoms. The van der Waals surface area contributed by atoms with E-state index in [9.17, 15) is 13.2 Å². The zero-order chi connectivity index (χ0) is 26.1. The van der Waals surface area contributed by atoms with Gasteiger partial charge in [0.1, 0.15) is 23.7 Å². The Hall–Kier alpha value is -2.96. The van der Waals surface area contributed by atoms with Crippen LogP contribution >= 0.6 is 0 Å². The Labute approximate surface area is 222 Å². The molecule has 1 aromatic heterocycles. The summed E-state index contributed by atoms with van der Waals surface area (Å²) in [5.74, 6) is 3.93. The van der Waals surface area contributed by atoms with Crippen LogP contribution in [0, 0.1) is 17.8 Å². The lowest BCUT2D eigenvalue weighted by Gasteiger charge is -2.34.